The highest BCUT2D eigenvalue weighted by Crippen LogP contribution is 2.19. The van der Waals surface area contributed by atoms with Crippen LogP contribution in [0.1, 0.15) is 43.8 Å². The summed E-state index contributed by atoms with van der Waals surface area (Å²) in [5, 5.41) is 12.8. The number of carbonyl (C=O) groups is 2. The molecule has 1 atom stereocenters. The summed E-state index contributed by atoms with van der Waals surface area (Å²) in [4.78, 5) is 28.8. The smallest absolute Gasteiger partial charge is 0.326 e. The van der Waals surface area contributed by atoms with Gasteiger partial charge in [0.2, 0.25) is 11.8 Å². The van der Waals surface area contributed by atoms with Gasteiger partial charge in [0.15, 0.2) is 5.82 Å². The van der Waals surface area contributed by atoms with E-state index in [1.165, 1.54) is 4.90 Å². The van der Waals surface area contributed by atoms with Gasteiger partial charge in [-0.1, -0.05) is 5.16 Å². The molecule has 1 saturated heterocycles. The van der Waals surface area contributed by atoms with E-state index in [4.69, 9.17) is 9.63 Å². The maximum Gasteiger partial charge on any atom is 0.326 e. The van der Waals surface area contributed by atoms with Crippen LogP contribution in [0.2, 0.25) is 0 Å². The van der Waals surface area contributed by atoms with Crippen LogP contribution in [0.15, 0.2) is 4.52 Å². The second-order valence-electron chi connectivity index (χ2n) is 5.03. The minimum atomic E-state index is -0.912. The van der Waals surface area contributed by atoms with Crippen molar-refractivity contribution in [1.82, 2.24) is 15.0 Å². The SMILES string of the molecule is Cc1noc(CCCC(=O)N2CCCCC2C(=O)O)n1. The maximum absolute atomic E-state index is 12.1. The van der Waals surface area contributed by atoms with E-state index in [9.17, 15) is 9.59 Å². The molecule has 1 aromatic heterocycles. The third-order valence-electron chi connectivity index (χ3n) is 3.46. The molecule has 2 rings (SSSR count). The number of aromatic nitrogens is 2. The molecule has 1 aliphatic heterocycles. The minimum Gasteiger partial charge on any atom is -0.480 e. The molecule has 2 heterocycles. The number of aryl methyl sites for hydroxylation is 2. The van der Waals surface area contributed by atoms with Crippen LogP contribution in [-0.4, -0.2) is 44.6 Å². The molecule has 1 fully saturated rings. The normalized spacial score (nSPS) is 19.1. The van der Waals surface area contributed by atoms with Crippen molar-refractivity contribution in [2.75, 3.05) is 6.54 Å². The number of rotatable bonds is 5. The Labute approximate surface area is 117 Å². The average Bonchev–Trinajstić information content (AvgIpc) is 2.84. The lowest BCUT2D eigenvalue weighted by atomic mass is 10.0. The largest absolute Gasteiger partial charge is 0.480 e. The number of carboxylic acid groups (broad SMARTS) is 1. The van der Waals surface area contributed by atoms with Gasteiger partial charge < -0.3 is 14.5 Å². The Balaban J connectivity index is 1.82. The fourth-order valence-electron chi connectivity index (χ4n) is 2.46. The molecule has 1 amide bonds. The van der Waals surface area contributed by atoms with E-state index in [-0.39, 0.29) is 5.91 Å². The summed E-state index contributed by atoms with van der Waals surface area (Å²) in [5.41, 5.74) is 0. The van der Waals surface area contributed by atoms with Crippen molar-refractivity contribution in [2.45, 2.75) is 51.5 Å². The summed E-state index contributed by atoms with van der Waals surface area (Å²) in [5.74, 6) is 0.0796. The molecule has 0 aliphatic carbocycles. The Kier molecular flexibility index (Phi) is 4.70. The quantitative estimate of drug-likeness (QED) is 0.870. The fraction of sp³-hybridized carbons (Fsp3) is 0.692. The zero-order valence-electron chi connectivity index (χ0n) is 11.5. The van der Waals surface area contributed by atoms with Gasteiger partial charge in [0.05, 0.1) is 0 Å². The highest BCUT2D eigenvalue weighted by molar-refractivity contribution is 5.83. The third kappa shape index (κ3) is 3.55. The van der Waals surface area contributed by atoms with Crippen molar-refractivity contribution in [3.05, 3.63) is 11.7 Å². The second-order valence-corrected chi connectivity index (χ2v) is 5.03. The van der Waals surface area contributed by atoms with Gasteiger partial charge in [0.1, 0.15) is 6.04 Å². The lowest BCUT2D eigenvalue weighted by Crippen LogP contribution is -2.47. The lowest BCUT2D eigenvalue weighted by molar-refractivity contribution is -0.152. The molecule has 0 saturated carbocycles. The summed E-state index contributed by atoms with van der Waals surface area (Å²) < 4.78 is 4.97. The predicted octanol–water partition coefficient (Wildman–Crippen LogP) is 1.17. The highest BCUT2D eigenvalue weighted by atomic mass is 16.5. The number of nitrogens with zero attached hydrogens (tertiary/aromatic N) is 3. The van der Waals surface area contributed by atoms with Crippen LogP contribution < -0.4 is 0 Å². The molecule has 0 bridgehead atoms. The number of hydrogen-bond donors (Lipinski definition) is 1. The van der Waals surface area contributed by atoms with Gasteiger partial charge in [0.25, 0.3) is 0 Å². The highest BCUT2D eigenvalue weighted by Gasteiger charge is 2.31. The average molecular weight is 281 g/mol. The van der Waals surface area contributed by atoms with Crippen LogP contribution in [0.5, 0.6) is 0 Å². The predicted molar refractivity (Wildman–Crippen MR) is 69.0 cm³/mol. The van der Waals surface area contributed by atoms with Crippen molar-refractivity contribution in [2.24, 2.45) is 0 Å². The number of hydrogen-bond acceptors (Lipinski definition) is 5. The first-order chi connectivity index (χ1) is 9.58. The maximum atomic E-state index is 12.1. The van der Waals surface area contributed by atoms with E-state index in [0.29, 0.717) is 43.9 Å². The molecule has 1 unspecified atom stereocenters. The van der Waals surface area contributed by atoms with Gasteiger partial charge in [0, 0.05) is 19.4 Å². The first kappa shape index (κ1) is 14.5. The fourth-order valence-corrected chi connectivity index (χ4v) is 2.46. The van der Waals surface area contributed by atoms with E-state index in [1.54, 1.807) is 6.92 Å². The molecular formula is C13H19N3O4. The van der Waals surface area contributed by atoms with Crippen molar-refractivity contribution in [1.29, 1.82) is 0 Å². The van der Waals surface area contributed by atoms with E-state index in [0.717, 1.165) is 12.8 Å². The van der Waals surface area contributed by atoms with Crippen LogP contribution in [-0.2, 0) is 16.0 Å². The zero-order valence-corrected chi connectivity index (χ0v) is 11.5. The molecule has 1 aromatic rings. The molecule has 110 valence electrons. The molecule has 0 spiro atoms. The Hall–Kier alpha value is -1.92. The molecule has 1 N–H and O–H groups in total. The summed E-state index contributed by atoms with van der Waals surface area (Å²) in [6.07, 6.45) is 3.72. The van der Waals surface area contributed by atoms with Gasteiger partial charge in [-0.2, -0.15) is 4.98 Å². The topological polar surface area (TPSA) is 96.5 Å². The molecule has 20 heavy (non-hydrogen) atoms. The lowest BCUT2D eigenvalue weighted by Gasteiger charge is -2.33. The molecule has 7 nitrogen and oxygen atoms in total. The van der Waals surface area contributed by atoms with Crippen molar-refractivity contribution >= 4 is 11.9 Å². The first-order valence-corrected chi connectivity index (χ1v) is 6.89. The van der Waals surface area contributed by atoms with Gasteiger partial charge in [-0.25, -0.2) is 4.79 Å². The summed E-state index contributed by atoms with van der Waals surface area (Å²) in [6.45, 7) is 2.28. The molecule has 0 radical (unpaired) electrons. The van der Waals surface area contributed by atoms with Crippen molar-refractivity contribution in [3.63, 3.8) is 0 Å². The summed E-state index contributed by atoms with van der Waals surface area (Å²) in [6, 6.07) is -0.665. The Morgan fingerprint density at radius 2 is 2.25 bits per heavy atom. The van der Waals surface area contributed by atoms with E-state index < -0.39 is 12.0 Å². The Morgan fingerprint density at radius 1 is 1.45 bits per heavy atom. The van der Waals surface area contributed by atoms with Gasteiger partial charge in [-0.3, -0.25) is 4.79 Å². The Bertz CT molecular complexity index is 486. The van der Waals surface area contributed by atoms with Crippen LogP contribution in [0.3, 0.4) is 0 Å². The van der Waals surface area contributed by atoms with Crippen LogP contribution in [0.4, 0.5) is 0 Å². The molecule has 1 aliphatic rings. The van der Waals surface area contributed by atoms with Crippen LogP contribution >= 0.6 is 0 Å². The number of aliphatic carboxylic acids is 1. The van der Waals surface area contributed by atoms with Crippen molar-refractivity contribution in [3.8, 4) is 0 Å². The van der Waals surface area contributed by atoms with Crippen molar-refractivity contribution < 1.29 is 19.2 Å². The Morgan fingerprint density at radius 3 is 2.90 bits per heavy atom. The number of carbonyl (C=O) groups excluding carboxylic acids is 1. The molecular weight excluding hydrogens is 262 g/mol. The standard InChI is InChI=1S/C13H19N3O4/c1-9-14-11(20-15-9)6-4-7-12(17)16-8-3-2-5-10(16)13(18)19/h10H,2-8H2,1H3,(H,18,19). The summed E-state index contributed by atoms with van der Waals surface area (Å²) in [7, 11) is 0. The van der Waals surface area contributed by atoms with Crippen LogP contribution in [0.25, 0.3) is 0 Å². The van der Waals surface area contributed by atoms with E-state index >= 15 is 0 Å². The number of likely N-dealkylation sites (tertiary alicyclic amines) is 1. The molecule has 0 aromatic carbocycles. The van der Waals surface area contributed by atoms with Gasteiger partial charge in [-0.05, 0) is 32.6 Å². The second kappa shape index (κ2) is 6.49. The minimum absolute atomic E-state index is 0.103. The number of carboxylic acids is 1. The van der Waals surface area contributed by atoms with E-state index in [2.05, 4.69) is 10.1 Å². The van der Waals surface area contributed by atoms with Gasteiger partial charge in [-0.15, -0.1) is 0 Å². The summed E-state index contributed by atoms with van der Waals surface area (Å²) >= 11 is 0. The van der Waals surface area contributed by atoms with Crippen LogP contribution in [0, 0.1) is 6.92 Å². The zero-order chi connectivity index (χ0) is 14.5. The van der Waals surface area contributed by atoms with E-state index in [1.807, 2.05) is 0 Å². The first-order valence-electron chi connectivity index (χ1n) is 6.89. The number of piperidine rings is 1. The number of amides is 1. The monoisotopic (exact) mass is 281 g/mol. The molecule has 7 heteroatoms. The van der Waals surface area contributed by atoms with Gasteiger partial charge >= 0.3 is 5.97 Å². The third-order valence-corrected chi connectivity index (χ3v) is 3.46.